The molecule has 2 aliphatic rings. The number of benzene rings is 2. The van der Waals surface area contributed by atoms with E-state index in [1.807, 2.05) is 12.1 Å². The van der Waals surface area contributed by atoms with E-state index < -0.39 is 29.4 Å². The molecule has 10 heteroatoms. The summed E-state index contributed by atoms with van der Waals surface area (Å²) < 4.78 is 70.8. The number of fused-ring (bicyclic) bond motifs is 1. The average molecular weight is 622 g/mol. The summed E-state index contributed by atoms with van der Waals surface area (Å²) in [4.78, 5) is 31.1. The minimum absolute atomic E-state index is 0.0486. The van der Waals surface area contributed by atoms with Gasteiger partial charge in [-0.25, -0.2) is 8.78 Å². The molecule has 0 aliphatic heterocycles. The number of pyridine rings is 1. The molecule has 1 saturated carbocycles. The number of aromatic nitrogens is 3. The highest BCUT2D eigenvalue weighted by Gasteiger charge is 2.39. The standard InChI is InChI=1S/C35H32F5N3O2/c36-26-14-22(15-27(37)19-26)13-25(18-28(44)20-43-31-9-2-1-7-30(31)34(42-43)35(38,39)40)33-29(8-4-12-41-33)23-5-3-6-24(17-23)32(45)16-21-10-11-21/h3-6,8,12,14-15,17,19,21,25H,1-2,7,9-11,13,16,18,20H2/t25-/m1/s1. The number of halogens is 5. The zero-order valence-corrected chi connectivity index (χ0v) is 24.5. The van der Waals surface area contributed by atoms with E-state index in [0.717, 1.165) is 18.9 Å². The van der Waals surface area contributed by atoms with Gasteiger partial charge in [-0.2, -0.15) is 18.3 Å². The molecule has 0 saturated heterocycles. The lowest BCUT2D eigenvalue weighted by molar-refractivity contribution is -0.142. The van der Waals surface area contributed by atoms with E-state index in [9.17, 15) is 31.5 Å². The molecule has 0 radical (unpaired) electrons. The fourth-order valence-corrected chi connectivity index (χ4v) is 6.36. The summed E-state index contributed by atoms with van der Waals surface area (Å²) in [5, 5.41) is 3.83. The maximum absolute atomic E-state index is 14.2. The number of alkyl halides is 3. The van der Waals surface area contributed by atoms with Crippen molar-refractivity contribution in [1.82, 2.24) is 14.8 Å². The van der Waals surface area contributed by atoms with E-state index in [1.54, 1.807) is 30.5 Å². The van der Waals surface area contributed by atoms with E-state index in [4.69, 9.17) is 0 Å². The van der Waals surface area contributed by atoms with Crippen molar-refractivity contribution in [2.45, 2.75) is 76.4 Å². The Balaban J connectivity index is 1.33. The molecule has 0 bridgehead atoms. The van der Waals surface area contributed by atoms with E-state index in [1.165, 1.54) is 16.8 Å². The van der Waals surface area contributed by atoms with Crippen molar-refractivity contribution in [2.24, 2.45) is 5.92 Å². The molecule has 2 aromatic carbocycles. The predicted octanol–water partition coefficient (Wildman–Crippen LogP) is 8.09. The Morgan fingerprint density at radius 2 is 1.71 bits per heavy atom. The molecule has 1 atom stereocenters. The monoisotopic (exact) mass is 621 g/mol. The number of hydrogen-bond donors (Lipinski definition) is 0. The Morgan fingerprint density at radius 1 is 0.956 bits per heavy atom. The summed E-state index contributed by atoms with van der Waals surface area (Å²) >= 11 is 0. The lowest BCUT2D eigenvalue weighted by atomic mass is 9.86. The second-order valence-corrected chi connectivity index (χ2v) is 12.1. The van der Waals surface area contributed by atoms with Gasteiger partial charge < -0.3 is 0 Å². The minimum Gasteiger partial charge on any atom is -0.298 e. The van der Waals surface area contributed by atoms with Crippen LogP contribution in [0, 0.1) is 17.6 Å². The molecule has 4 aromatic rings. The van der Waals surface area contributed by atoms with Gasteiger partial charge in [0, 0.05) is 53.4 Å². The Morgan fingerprint density at radius 3 is 2.44 bits per heavy atom. The summed E-state index contributed by atoms with van der Waals surface area (Å²) in [6, 6.07) is 13.9. The van der Waals surface area contributed by atoms with Crippen molar-refractivity contribution in [1.29, 1.82) is 0 Å². The van der Waals surface area contributed by atoms with Gasteiger partial charge in [0.1, 0.15) is 11.6 Å². The van der Waals surface area contributed by atoms with Crippen LogP contribution < -0.4 is 0 Å². The average Bonchev–Trinajstić information content (AvgIpc) is 3.74. The maximum Gasteiger partial charge on any atom is 0.435 e. The third kappa shape index (κ3) is 7.21. The van der Waals surface area contributed by atoms with Crippen LogP contribution in [0.4, 0.5) is 22.0 Å². The van der Waals surface area contributed by atoms with E-state index in [2.05, 4.69) is 10.1 Å². The highest BCUT2D eigenvalue weighted by atomic mass is 19.4. The summed E-state index contributed by atoms with van der Waals surface area (Å²) in [5.41, 5.74) is 2.36. The van der Waals surface area contributed by atoms with Crippen molar-refractivity contribution in [3.05, 3.63) is 106 Å². The van der Waals surface area contributed by atoms with Crippen LogP contribution in [-0.2, 0) is 36.8 Å². The summed E-state index contributed by atoms with van der Waals surface area (Å²) in [6.07, 6.45) is 1.40. The topological polar surface area (TPSA) is 64.8 Å². The van der Waals surface area contributed by atoms with E-state index in [0.29, 0.717) is 65.2 Å². The van der Waals surface area contributed by atoms with Crippen LogP contribution in [0.25, 0.3) is 11.1 Å². The zero-order valence-electron chi connectivity index (χ0n) is 24.5. The fourth-order valence-electron chi connectivity index (χ4n) is 6.36. The lowest BCUT2D eigenvalue weighted by Crippen LogP contribution is -2.19. The molecule has 0 unspecified atom stereocenters. The Bertz CT molecular complexity index is 1720. The molecule has 0 amide bonds. The van der Waals surface area contributed by atoms with E-state index in [-0.39, 0.29) is 42.9 Å². The Hall–Kier alpha value is -4.21. The first-order valence-corrected chi connectivity index (χ1v) is 15.3. The zero-order chi connectivity index (χ0) is 31.7. The van der Waals surface area contributed by atoms with E-state index >= 15 is 0 Å². The van der Waals surface area contributed by atoms with Crippen LogP contribution in [0.1, 0.15) is 83.0 Å². The second kappa shape index (κ2) is 12.7. The van der Waals surface area contributed by atoms with Gasteiger partial charge in [0.15, 0.2) is 17.3 Å². The number of carbonyl (C=O) groups excluding carboxylic acids is 2. The third-order valence-electron chi connectivity index (χ3n) is 8.62. The molecule has 2 aliphatic carbocycles. The molecule has 6 rings (SSSR count). The quantitative estimate of drug-likeness (QED) is 0.125. The van der Waals surface area contributed by atoms with Gasteiger partial charge in [-0.1, -0.05) is 24.3 Å². The number of hydrogen-bond acceptors (Lipinski definition) is 4. The highest BCUT2D eigenvalue weighted by Crippen LogP contribution is 2.38. The summed E-state index contributed by atoms with van der Waals surface area (Å²) in [6.45, 7) is -0.361. The molecule has 1 fully saturated rings. The number of ketones is 2. The van der Waals surface area contributed by atoms with Crippen LogP contribution in [-0.4, -0.2) is 26.3 Å². The number of rotatable bonds is 11. The van der Waals surface area contributed by atoms with Crippen molar-refractivity contribution in [3.63, 3.8) is 0 Å². The van der Waals surface area contributed by atoms with Crippen molar-refractivity contribution >= 4 is 11.6 Å². The van der Waals surface area contributed by atoms with Crippen molar-refractivity contribution < 1.29 is 31.5 Å². The first-order valence-electron chi connectivity index (χ1n) is 15.3. The molecule has 2 heterocycles. The molecule has 2 aromatic heterocycles. The maximum atomic E-state index is 14.2. The minimum atomic E-state index is -4.63. The first kappa shape index (κ1) is 30.8. The SMILES string of the molecule is O=C(C[C@@H](Cc1cc(F)cc(F)c1)c1ncccc1-c1cccc(C(=O)CC2CC2)c1)Cn1nc(C(F)(F)F)c2c1CCCC2. The van der Waals surface area contributed by atoms with Crippen LogP contribution >= 0.6 is 0 Å². The normalized spacial score (nSPS) is 15.5. The van der Waals surface area contributed by atoms with Gasteiger partial charge in [-0.05, 0) is 86.3 Å². The molecular formula is C35H32F5N3O2. The second-order valence-electron chi connectivity index (χ2n) is 12.1. The molecule has 0 spiro atoms. The van der Waals surface area contributed by atoms with Gasteiger partial charge >= 0.3 is 6.18 Å². The summed E-state index contributed by atoms with van der Waals surface area (Å²) in [7, 11) is 0. The van der Waals surface area contributed by atoms with Gasteiger partial charge in [-0.3, -0.25) is 19.3 Å². The number of nitrogens with zero attached hydrogens (tertiary/aromatic N) is 3. The van der Waals surface area contributed by atoms with Crippen LogP contribution in [0.2, 0.25) is 0 Å². The molecule has 45 heavy (non-hydrogen) atoms. The highest BCUT2D eigenvalue weighted by molar-refractivity contribution is 5.97. The molecule has 0 N–H and O–H groups in total. The molecule has 234 valence electrons. The lowest BCUT2D eigenvalue weighted by Gasteiger charge is -2.20. The number of Topliss-reactive ketones (excluding diaryl/α,β-unsaturated/α-hetero) is 2. The van der Waals surface area contributed by atoms with Gasteiger partial charge in [0.2, 0.25) is 0 Å². The Kier molecular flexibility index (Phi) is 8.66. The van der Waals surface area contributed by atoms with Crippen LogP contribution in [0.3, 0.4) is 0 Å². The van der Waals surface area contributed by atoms with Crippen LogP contribution in [0.15, 0.2) is 60.8 Å². The fraction of sp³-hybridized carbons (Fsp3) is 0.371. The first-order chi connectivity index (χ1) is 21.5. The third-order valence-corrected chi connectivity index (χ3v) is 8.62. The summed E-state index contributed by atoms with van der Waals surface area (Å²) in [5.74, 6) is -2.11. The Labute approximate surface area is 257 Å². The number of carbonyl (C=O) groups is 2. The predicted molar refractivity (Wildman–Crippen MR) is 158 cm³/mol. The van der Waals surface area contributed by atoms with Gasteiger partial charge in [0.05, 0.1) is 12.2 Å². The van der Waals surface area contributed by atoms with Gasteiger partial charge in [-0.15, -0.1) is 0 Å². The van der Waals surface area contributed by atoms with Gasteiger partial charge in [0.25, 0.3) is 0 Å². The molecule has 5 nitrogen and oxygen atoms in total. The smallest absolute Gasteiger partial charge is 0.298 e. The molecular weight excluding hydrogens is 589 g/mol. The largest absolute Gasteiger partial charge is 0.435 e. The van der Waals surface area contributed by atoms with Crippen molar-refractivity contribution in [3.8, 4) is 11.1 Å². The van der Waals surface area contributed by atoms with Crippen molar-refractivity contribution in [2.75, 3.05) is 0 Å². The van der Waals surface area contributed by atoms with Crippen LogP contribution in [0.5, 0.6) is 0 Å².